The van der Waals surface area contributed by atoms with Gasteiger partial charge in [0.1, 0.15) is 4.21 Å². The third-order valence-electron chi connectivity index (χ3n) is 1.37. The molecule has 2 nitrogen and oxygen atoms in total. The fourth-order valence-corrected chi connectivity index (χ4v) is 2.46. The molecule has 7 heteroatoms. The van der Waals surface area contributed by atoms with Gasteiger partial charge in [-0.3, -0.25) is 0 Å². The summed E-state index contributed by atoms with van der Waals surface area (Å²) in [6, 6.07) is 0.704. The summed E-state index contributed by atoms with van der Waals surface area (Å²) in [5.74, 6) is 0. The number of hydrogen-bond donors (Lipinski definition) is 1. The maximum Gasteiger partial charge on any atom is 0.417 e. The highest BCUT2D eigenvalue weighted by Crippen LogP contribution is 2.37. The normalized spacial score (nSPS) is 14.5. The maximum atomic E-state index is 12.2. The predicted molar refractivity (Wildman–Crippen MR) is 43.1 cm³/mol. The van der Waals surface area contributed by atoms with E-state index in [1.807, 2.05) is 0 Å². The number of halogens is 3. The Hall–Kier alpha value is -0.400. The lowest BCUT2D eigenvalue weighted by Gasteiger charge is -2.03. The van der Waals surface area contributed by atoms with Crippen LogP contribution in [0.4, 0.5) is 13.2 Å². The molecule has 0 spiro atoms. The summed E-state index contributed by atoms with van der Waals surface area (Å²) in [4.78, 5) is 0.00454. The zero-order chi connectivity index (χ0) is 10.2. The first-order valence-corrected chi connectivity index (χ1v) is 5.03. The fourth-order valence-electron chi connectivity index (χ4n) is 0.822. The Morgan fingerprint density at radius 3 is 2.31 bits per heavy atom. The monoisotopic (exact) mass is 230 g/mol. The molecular weight excluding hydrogens is 225 g/mol. The molecule has 0 aliphatic rings. The number of alkyl halides is 3. The smallest absolute Gasteiger partial charge is 0.302 e. The predicted octanol–water partition coefficient (Wildman–Crippen LogP) is 2.66. The molecule has 0 fully saturated rings. The van der Waals surface area contributed by atoms with Crippen molar-refractivity contribution in [1.29, 1.82) is 0 Å². The molecule has 1 aromatic heterocycles. The molecule has 0 aliphatic heterocycles. The van der Waals surface area contributed by atoms with Crippen LogP contribution in [0.2, 0.25) is 0 Å². The van der Waals surface area contributed by atoms with Crippen molar-refractivity contribution < 1.29 is 21.9 Å². The molecule has 0 aromatic carbocycles. The van der Waals surface area contributed by atoms with Gasteiger partial charge < -0.3 is 4.55 Å². The molecular formula is C6H5F3O2S2. The molecule has 0 bridgehead atoms. The molecule has 0 aliphatic carbocycles. The van der Waals surface area contributed by atoms with Gasteiger partial charge in [-0.25, -0.2) is 4.21 Å². The van der Waals surface area contributed by atoms with E-state index in [2.05, 4.69) is 0 Å². The Balaban J connectivity index is 3.18. The van der Waals surface area contributed by atoms with E-state index in [-0.39, 0.29) is 9.09 Å². The van der Waals surface area contributed by atoms with Gasteiger partial charge in [0.2, 0.25) is 0 Å². The topological polar surface area (TPSA) is 37.3 Å². The van der Waals surface area contributed by atoms with Crippen molar-refractivity contribution in [1.82, 2.24) is 0 Å². The number of rotatable bonds is 1. The molecule has 1 atom stereocenters. The second-order valence-corrected chi connectivity index (χ2v) is 4.74. The summed E-state index contributed by atoms with van der Waals surface area (Å²) in [6.45, 7) is 1.27. The minimum Gasteiger partial charge on any atom is -0.302 e. The molecule has 1 rings (SSSR count). The first-order chi connectivity index (χ1) is 5.82. The quantitative estimate of drug-likeness (QED) is 0.753. The first kappa shape index (κ1) is 10.7. The summed E-state index contributed by atoms with van der Waals surface area (Å²) in [5.41, 5.74) is -0.838. The highest BCUT2D eigenvalue weighted by atomic mass is 32.2. The molecule has 1 unspecified atom stereocenters. The van der Waals surface area contributed by atoms with Crippen molar-refractivity contribution in [3.05, 3.63) is 16.5 Å². The minimum atomic E-state index is -4.45. The van der Waals surface area contributed by atoms with Gasteiger partial charge in [0.25, 0.3) is 0 Å². The lowest BCUT2D eigenvalue weighted by atomic mass is 10.3. The van der Waals surface area contributed by atoms with Gasteiger partial charge in [-0.2, -0.15) is 13.2 Å². The zero-order valence-corrected chi connectivity index (χ0v) is 8.02. The van der Waals surface area contributed by atoms with Crippen molar-refractivity contribution in [3.63, 3.8) is 0 Å². The van der Waals surface area contributed by atoms with Crippen LogP contribution >= 0.6 is 11.3 Å². The van der Waals surface area contributed by atoms with E-state index in [0.29, 0.717) is 17.4 Å². The van der Waals surface area contributed by atoms with Crippen molar-refractivity contribution >= 4 is 22.4 Å². The van der Waals surface area contributed by atoms with E-state index in [0.717, 1.165) is 0 Å². The van der Waals surface area contributed by atoms with E-state index in [1.54, 1.807) is 0 Å². The van der Waals surface area contributed by atoms with Crippen molar-refractivity contribution in [2.75, 3.05) is 0 Å². The highest BCUT2D eigenvalue weighted by Gasteiger charge is 2.34. The number of thiophene rings is 1. The van der Waals surface area contributed by atoms with Gasteiger partial charge in [0.15, 0.2) is 11.1 Å². The van der Waals surface area contributed by atoms with Crippen LogP contribution < -0.4 is 0 Å². The summed E-state index contributed by atoms with van der Waals surface area (Å²) in [7, 11) is 0. The minimum absolute atomic E-state index is 0.00454. The van der Waals surface area contributed by atoms with Crippen LogP contribution in [-0.2, 0) is 17.3 Å². The van der Waals surface area contributed by atoms with Gasteiger partial charge in [-0.05, 0) is 13.0 Å². The van der Waals surface area contributed by atoms with Gasteiger partial charge in [-0.15, -0.1) is 11.3 Å². The van der Waals surface area contributed by atoms with Crippen molar-refractivity contribution in [2.45, 2.75) is 17.3 Å². The fraction of sp³-hybridized carbons (Fsp3) is 0.333. The molecule has 0 radical (unpaired) electrons. The summed E-state index contributed by atoms with van der Waals surface area (Å²) in [6.07, 6.45) is -4.45. The van der Waals surface area contributed by atoms with E-state index >= 15 is 0 Å². The number of aryl methyl sites for hydroxylation is 1. The Morgan fingerprint density at radius 2 is 2.08 bits per heavy atom. The van der Waals surface area contributed by atoms with Crippen LogP contribution in [-0.4, -0.2) is 8.76 Å². The molecule has 1 aromatic rings. The second kappa shape index (κ2) is 3.39. The maximum absolute atomic E-state index is 12.2. The van der Waals surface area contributed by atoms with Gasteiger partial charge in [-0.1, -0.05) is 0 Å². The van der Waals surface area contributed by atoms with Crippen LogP contribution in [0.15, 0.2) is 10.3 Å². The second-order valence-electron chi connectivity index (χ2n) is 2.28. The molecule has 0 saturated heterocycles. The van der Waals surface area contributed by atoms with Crippen LogP contribution in [0.3, 0.4) is 0 Å². The van der Waals surface area contributed by atoms with Crippen molar-refractivity contribution in [2.24, 2.45) is 0 Å². The molecule has 0 saturated carbocycles. The molecule has 1 heterocycles. The standard InChI is InChI=1S/C6H5F3O2S2/c1-3-4(6(7,8)9)2-5(12-3)13(10)11/h2H,1H3,(H,10,11). The highest BCUT2D eigenvalue weighted by molar-refractivity contribution is 7.81. The Kier molecular flexibility index (Phi) is 2.79. The third-order valence-corrected chi connectivity index (χ3v) is 3.36. The summed E-state index contributed by atoms with van der Waals surface area (Å²) < 4.78 is 55.3. The SMILES string of the molecule is Cc1sc(S(=O)O)cc1C(F)(F)F. The van der Waals surface area contributed by atoms with Gasteiger partial charge >= 0.3 is 6.18 Å². The summed E-state index contributed by atoms with van der Waals surface area (Å²) in [5, 5.41) is 0. The summed E-state index contributed by atoms with van der Waals surface area (Å²) >= 11 is -1.66. The molecule has 74 valence electrons. The average molecular weight is 230 g/mol. The zero-order valence-electron chi connectivity index (χ0n) is 6.38. The lowest BCUT2D eigenvalue weighted by molar-refractivity contribution is -0.137. The van der Waals surface area contributed by atoms with E-state index in [1.165, 1.54) is 6.92 Å². The Bertz CT molecular complexity index is 342. The lowest BCUT2D eigenvalue weighted by Crippen LogP contribution is -2.04. The Morgan fingerprint density at radius 1 is 1.54 bits per heavy atom. The molecule has 0 amide bonds. The van der Waals surface area contributed by atoms with Crippen LogP contribution in [0, 0.1) is 6.92 Å². The van der Waals surface area contributed by atoms with E-state index < -0.39 is 22.8 Å². The molecule has 1 N–H and O–H groups in total. The van der Waals surface area contributed by atoms with Crippen LogP contribution in [0.1, 0.15) is 10.4 Å². The number of hydrogen-bond acceptors (Lipinski definition) is 2. The molecule has 13 heavy (non-hydrogen) atoms. The third kappa shape index (κ3) is 2.29. The van der Waals surface area contributed by atoms with E-state index in [9.17, 15) is 17.4 Å². The van der Waals surface area contributed by atoms with Crippen LogP contribution in [0.5, 0.6) is 0 Å². The van der Waals surface area contributed by atoms with Gasteiger partial charge in [0, 0.05) is 4.88 Å². The van der Waals surface area contributed by atoms with E-state index in [4.69, 9.17) is 4.55 Å². The first-order valence-electron chi connectivity index (χ1n) is 3.11. The van der Waals surface area contributed by atoms with Crippen molar-refractivity contribution in [3.8, 4) is 0 Å². The Labute approximate surface area is 78.7 Å². The largest absolute Gasteiger partial charge is 0.417 e. The van der Waals surface area contributed by atoms with Gasteiger partial charge in [0.05, 0.1) is 5.56 Å². The van der Waals surface area contributed by atoms with Crippen LogP contribution in [0.25, 0.3) is 0 Å². The average Bonchev–Trinajstić information content (AvgIpc) is 2.29.